The Morgan fingerprint density at radius 3 is 3.11 bits per heavy atom. The predicted octanol–water partition coefficient (Wildman–Crippen LogP) is 0.998. The Morgan fingerprint density at radius 2 is 2.33 bits per heavy atom. The van der Waals surface area contributed by atoms with Crippen LogP contribution in [0.3, 0.4) is 0 Å². The highest BCUT2D eigenvalue weighted by Gasteiger charge is 1.97. The molecular formula is C12H20N4O2. The fourth-order valence-corrected chi connectivity index (χ4v) is 1.46. The first-order chi connectivity index (χ1) is 8.86. The first-order valence-corrected chi connectivity index (χ1v) is 6.18. The molecule has 0 amide bonds. The molecule has 0 spiro atoms. The standard InChI is InChI=1S/C12H20N4O2/c13-4-2-1-3-5-14-12-10-15-16(11-12)6-8-18-9-7-17/h10-11,14,17H,1-3,5-9H2. The van der Waals surface area contributed by atoms with E-state index >= 15 is 0 Å². The molecule has 1 heterocycles. The molecule has 18 heavy (non-hydrogen) atoms. The van der Waals surface area contributed by atoms with Crippen molar-refractivity contribution in [2.45, 2.75) is 25.8 Å². The van der Waals surface area contributed by atoms with Crippen LogP contribution in [0.1, 0.15) is 19.3 Å². The van der Waals surface area contributed by atoms with Gasteiger partial charge in [0.15, 0.2) is 0 Å². The van der Waals surface area contributed by atoms with Gasteiger partial charge in [0.1, 0.15) is 0 Å². The van der Waals surface area contributed by atoms with Crippen molar-refractivity contribution in [3.63, 3.8) is 0 Å². The average Bonchev–Trinajstić information content (AvgIpc) is 2.82. The number of nitrogens with one attached hydrogen (secondary N) is 1. The molecule has 1 rings (SSSR count). The lowest BCUT2D eigenvalue weighted by atomic mass is 10.2. The lowest BCUT2D eigenvalue weighted by Gasteiger charge is -2.03. The van der Waals surface area contributed by atoms with Crippen molar-refractivity contribution in [1.29, 1.82) is 5.26 Å². The first kappa shape index (κ1) is 14.5. The molecule has 0 aliphatic rings. The van der Waals surface area contributed by atoms with Gasteiger partial charge in [-0.1, -0.05) is 0 Å². The van der Waals surface area contributed by atoms with E-state index in [1.54, 1.807) is 10.9 Å². The van der Waals surface area contributed by atoms with Crippen molar-refractivity contribution in [3.8, 4) is 6.07 Å². The zero-order valence-corrected chi connectivity index (χ0v) is 10.5. The lowest BCUT2D eigenvalue weighted by molar-refractivity contribution is 0.0854. The highest BCUT2D eigenvalue weighted by atomic mass is 16.5. The summed E-state index contributed by atoms with van der Waals surface area (Å²) < 4.78 is 6.96. The topological polar surface area (TPSA) is 83.1 Å². The average molecular weight is 252 g/mol. The Bertz CT molecular complexity index is 359. The fraction of sp³-hybridized carbons (Fsp3) is 0.667. The summed E-state index contributed by atoms with van der Waals surface area (Å²) in [5, 5.41) is 24.4. The minimum Gasteiger partial charge on any atom is -0.394 e. The van der Waals surface area contributed by atoms with Gasteiger partial charge in [-0.15, -0.1) is 0 Å². The van der Waals surface area contributed by atoms with Gasteiger partial charge in [-0.2, -0.15) is 10.4 Å². The maximum absolute atomic E-state index is 8.55. The van der Waals surface area contributed by atoms with Gasteiger partial charge < -0.3 is 15.2 Å². The molecule has 0 unspecified atom stereocenters. The Hall–Kier alpha value is -1.58. The predicted molar refractivity (Wildman–Crippen MR) is 68.1 cm³/mol. The Morgan fingerprint density at radius 1 is 1.44 bits per heavy atom. The SMILES string of the molecule is N#CCCCCNc1cnn(CCOCCO)c1. The molecule has 0 saturated carbocycles. The second-order valence-electron chi connectivity index (χ2n) is 3.87. The molecule has 0 bridgehead atoms. The van der Waals surface area contributed by atoms with Crippen molar-refractivity contribution in [2.75, 3.05) is 31.7 Å². The van der Waals surface area contributed by atoms with Crippen LogP contribution in [0.15, 0.2) is 12.4 Å². The Balaban J connectivity index is 2.12. The van der Waals surface area contributed by atoms with Gasteiger partial charge in [0.05, 0.1) is 44.3 Å². The van der Waals surface area contributed by atoms with Gasteiger partial charge in [-0.05, 0) is 12.8 Å². The number of aliphatic hydroxyl groups is 1. The van der Waals surface area contributed by atoms with Crippen LogP contribution >= 0.6 is 0 Å². The van der Waals surface area contributed by atoms with E-state index in [9.17, 15) is 0 Å². The summed E-state index contributed by atoms with van der Waals surface area (Å²) in [5.74, 6) is 0. The van der Waals surface area contributed by atoms with Crippen LogP contribution in [0.5, 0.6) is 0 Å². The number of unbranched alkanes of at least 4 members (excludes halogenated alkanes) is 2. The van der Waals surface area contributed by atoms with E-state index in [2.05, 4.69) is 16.5 Å². The number of aromatic nitrogens is 2. The van der Waals surface area contributed by atoms with E-state index in [0.29, 0.717) is 26.2 Å². The van der Waals surface area contributed by atoms with Gasteiger partial charge in [0.25, 0.3) is 0 Å². The normalized spacial score (nSPS) is 10.2. The van der Waals surface area contributed by atoms with E-state index in [-0.39, 0.29) is 6.61 Å². The molecule has 0 aliphatic carbocycles. The molecule has 100 valence electrons. The van der Waals surface area contributed by atoms with Crippen LogP contribution in [0.4, 0.5) is 5.69 Å². The van der Waals surface area contributed by atoms with Gasteiger partial charge in [0, 0.05) is 19.2 Å². The molecule has 1 aromatic rings. The largest absolute Gasteiger partial charge is 0.394 e. The summed E-state index contributed by atoms with van der Waals surface area (Å²) in [7, 11) is 0. The summed E-state index contributed by atoms with van der Waals surface area (Å²) in [6, 6.07) is 2.13. The molecule has 1 aromatic heterocycles. The maximum Gasteiger partial charge on any atom is 0.0726 e. The molecule has 0 aliphatic heterocycles. The lowest BCUT2D eigenvalue weighted by Crippen LogP contribution is -2.08. The summed E-state index contributed by atoms with van der Waals surface area (Å²) >= 11 is 0. The second kappa shape index (κ2) is 9.45. The molecule has 6 nitrogen and oxygen atoms in total. The molecule has 0 saturated heterocycles. The zero-order chi connectivity index (χ0) is 13.1. The second-order valence-corrected chi connectivity index (χ2v) is 3.87. The molecule has 6 heteroatoms. The monoisotopic (exact) mass is 252 g/mol. The van der Waals surface area contributed by atoms with Gasteiger partial charge in [-0.3, -0.25) is 4.68 Å². The number of ether oxygens (including phenoxy) is 1. The Labute approximate surface area is 107 Å². The molecule has 2 N–H and O–H groups in total. The quantitative estimate of drug-likeness (QED) is 0.607. The van der Waals surface area contributed by atoms with Gasteiger partial charge in [-0.25, -0.2) is 0 Å². The number of rotatable bonds is 10. The van der Waals surface area contributed by atoms with Crippen LogP contribution in [0.2, 0.25) is 0 Å². The van der Waals surface area contributed by atoms with Gasteiger partial charge in [0.2, 0.25) is 0 Å². The van der Waals surface area contributed by atoms with E-state index in [1.165, 1.54) is 0 Å². The molecule has 0 radical (unpaired) electrons. The third-order valence-electron chi connectivity index (χ3n) is 2.38. The Kier molecular flexibility index (Phi) is 7.60. The van der Waals surface area contributed by atoms with Crippen LogP contribution in [-0.2, 0) is 11.3 Å². The van der Waals surface area contributed by atoms with Crippen molar-refractivity contribution in [2.24, 2.45) is 0 Å². The first-order valence-electron chi connectivity index (χ1n) is 6.18. The summed E-state index contributed by atoms with van der Waals surface area (Å²) in [6.07, 6.45) is 6.22. The van der Waals surface area contributed by atoms with Crippen molar-refractivity contribution in [3.05, 3.63) is 12.4 Å². The minimum absolute atomic E-state index is 0.0502. The number of hydrogen-bond donors (Lipinski definition) is 2. The number of nitrogens with zero attached hydrogens (tertiary/aromatic N) is 3. The highest BCUT2D eigenvalue weighted by molar-refractivity contribution is 5.37. The molecule has 0 fully saturated rings. The molecule has 0 atom stereocenters. The van der Waals surface area contributed by atoms with Gasteiger partial charge >= 0.3 is 0 Å². The number of hydrogen-bond acceptors (Lipinski definition) is 5. The van der Waals surface area contributed by atoms with Crippen molar-refractivity contribution < 1.29 is 9.84 Å². The van der Waals surface area contributed by atoms with E-state index < -0.39 is 0 Å². The zero-order valence-electron chi connectivity index (χ0n) is 10.5. The van der Waals surface area contributed by atoms with E-state index in [1.807, 2.05) is 6.20 Å². The maximum atomic E-state index is 8.55. The van der Waals surface area contributed by atoms with Crippen LogP contribution in [0.25, 0.3) is 0 Å². The highest BCUT2D eigenvalue weighted by Crippen LogP contribution is 2.05. The number of aliphatic hydroxyl groups excluding tert-OH is 1. The number of anilines is 1. The van der Waals surface area contributed by atoms with E-state index in [0.717, 1.165) is 25.1 Å². The fourth-order valence-electron chi connectivity index (χ4n) is 1.46. The van der Waals surface area contributed by atoms with Crippen molar-refractivity contribution >= 4 is 5.69 Å². The smallest absolute Gasteiger partial charge is 0.0726 e. The van der Waals surface area contributed by atoms with Crippen molar-refractivity contribution in [1.82, 2.24) is 9.78 Å². The summed E-state index contributed by atoms with van der Waals surface area (Å²) in [5.41, 5.74) is 0.981. The minimum atomic E-state index is 0.0502. The van der Waals surface area contributed by atoms with Crippen LogP contribution in [0, 0.1) is 11.3 Å². The van der Waals surface area contributed by atoms with Crippen LogP contribution in [-0.4, -0.2) is 41.3 Å². The number of nitriles is 1. The van der Waals surface area contributed by atoms with E-state index in [4.69, 9.17) is 15.1 Å². The van der Waals surface area contributed by atoms with Crippen LogP contribution < -0.4 is 5.32 Å². The summed E-state index contributed by atoms with van der Waals surface area (Å²) in [6.45, 7) is 2.49. The molecular weight excluding hydrogens is 232 g/mol. The third-order valence-corrected chi connectivity index (χ3v) is 2.38. The molecule has 0 aromatic carbocycles. The summed E-state index contributed by atoms with van der Waals surface area (Å²) in [4.78, 5) is 0. The third kappa shape index (κ3) is 6.23.